The second-order valence-corrected chi connectivity index (χ2v) is 9.93. The Labute approximate surface area is 192 Å². The fourth-order valence-corrected chi connectivity index (χ4v) is 4.71. The van der Waals surface area contributed by atoms with Crippen molar-refractivity contribution < 1.29 is 14.3 Å². The second-order valence-electron chi connectivity index (χ2n) is 9.93. The maximum Gasteiger partial charge on any atom is 0.255 e. The van der Waals surface area contributed by atoms with Crippen LogP contribution in [0.5, 0.6) is 0 Å². The molecule has 0 radical (unpaired) electrons. The van der Waals surface area contributed by atoms with Crippen molar-refractivity contribution >= 4 is 22.6 Å². The zero-order valence-corrected chi connectivity index (χ0v) is 19.0. The van der Waals surface area contributed by atoms with Crippen LogP contribution in [0.1, 0.15) is 62.7 Å². The highest BCUT2D eigenvalue weighted by molar-refractivity contribution is 6.00. The van der Waals surface area contributed by atoms with Gasteiger partial charge in [0.05, 0.1) is 23.0 Å². The minimum absolute atomic E-state index is 0.0945. The summed E-state index contributed by atoms with van der Waals surface area (Å²) in [6.07, 6.45) is 10.3. The Bertz CT molecular complexity index is 1170. The SMILES string of the molecule is CC(C)(O)[C@H]1CC[C@H](NC(=O)c2cnc(-n3ccc4cc(F)cnc43)cc2NC2CC2)CC1. The molecule has 1 amide bonds. The number of hydrogen-bond donors (Lipinski definition) is 3. The molecular formula is C25H30FN5O2. The lowest BCUT2D eigenvalue weighted by Crippen LogP contribution is -2.42. The van der Waals surface area contributed by atoms with Gasteiger partial charge in [0, 0.05) is 35.9 Å². The molecule has 3 aromatic heterocycles. The van der Waals surface area contributed by atoms with Crippen molar-refractivity contribution in [3.8, 4) is 5.82 Å². The summed E-state index contributed by atoms with van der Waals surface area (Å²) in [6.45, 7) is 3.72. The number of aliphatic hydroxyl groups is 1. The molecule has 174 valence electrons. The van der Waals surface area contributed by atoms with Crippen LogP contribution in [0.2, 0.25) is 0 Å². The van der Waals surface area contributed by atoms with Crippen LogP contribution in [0.15, 0.2) is 36.8 Å². The van der Waals surface area contributed by atoms with Crippen LogP contribution >= 0.6 is 0 Å². The molecule has 7 nitrogen and oxygen atoms in total. The zero-order valence-electron chi connectivity index (χ0n) is 19.0. The predicted molar refractivity (Wildman–Crippen MR) is 125 cm³/mol. The van der Waals surface area contributed by atoms with Crippen molar-refractivity contribution in [2.45, 2.75) is 70.1 Å². The molecule has 3 heterocycles. The quantitative estimate of drug-likeness (QED) is 0.523. The van der Waals surface area contributed by atoms with Gasteiger partial charge in [-0.15, -0.1) is 0 Å². The fraction of sp³-hybridized carbons (Fsp3) is 0.480. The van der Waals surface area contributed by atoms with Gasteiger partial charge in [-0.25, -0.2) is 14.4 Å². The first-order valence-corrected chi connectivity index (χ1v) is 11.7. The summed E-state index contributed by atoms with van der Waals surface area (Å²) in [7, 11) is 0. The van der Waals surface area contributed by atoms with Crippen LogP contribution < -0.4 is 10.6 Å². The third-order valence-corrected chi connectivity index (χ3v) is 6.87. The van der Waals surface area contributed by atoms with Crippen LogP contribution in [0.3, 0.4) is 0 Å². The number of carbonyl (C=O) groups excluding carboxylic acids is 1. The number of carbonyl (C=O) groups is 1. The molecule has 5 rings (SSSR count). The van der Waals surface area contributed by atoms with Crippen LogP contribution in [0.25, 0.3) is 16.9 Å². The molecule has 2 saturated carbocycles. The average molecular weight is 452 g/mol. The normalized spacial score (nSPS) is 21.2. The van der Waals surface area contributed by atoms with Crippen molar-refractivity contribution in [2.24, 2.45) is 5.92 Å². The Hall–Kier alpha value is -3.00. The molecule has 0 spiro atoms. The van der Waals surface area contributed by atoms with Crippen LogP contribution in [0, 0.1) is 11.7 Å². The van der Waals surface area contributed by atoms with Gasteiger partial charge in [0.25, 0.3) is 5.91 Å². The number of fused-ring (bicyclic) bond motifs is 1. The molecule has 0 aromatic carbocycles. The Morgan fingerprint density at radius 1 is 1.09 bits per heavy atom. The molecule has 0 bridgehead atoms. The average Bonchev–Trinajstić information content (AvgIpc) is 3.49. The Morgan fingerprint density at radius 3 is 2.52 bits per heavy atom. The Balaban J connectivity index is 1.37. The van der Waals surface area contributed by atoms with E-state index in [0.717, 1.165) is 44.2 Å². The van der Waals surface area contributed by atoms with Crippen molar-refractivity contribution in [1.29, 1.82) is 0 Å². The molecule has 0 unspecified atom stereocenters. The van der Waals surface area contributed by atoms with Gasteiger partial charge in [-0.1, -0.05) is 0 Å². The maximum absolute atomic E-state index is 13.5. The van der Waals surface area contributed by atoms with Crippen LogP contribution in [-0.2, 0) is 0 Å². The summed E-state index contributed by atoms with van der Waals surface area (Å²) >= 11 is 0. The third-order valence-electron chi connectivity index (χ3n) is 6.87. The van der Waals surface area contributed by atoms with E-state index in [1.54, 1.807) is 23.0 Å². The number of nitrogens with zero attached hydrogens (tertiary/aromatic N) is 3. The zero-order chi connectivity index (χ0) is 23.2. The molecular weight excluding hydrogens is 421 g/mol. The highest BCUT2D eigenvalue weighted by Crippen LogP contribution is 2.33. The molecule has 2 aliphatic carbocycles. The van der Waals surface area contributed by atoms with E-state index < -0.39 is 5.60 Å². The van der Waals surface area contributed by atoms with Gasteiger partial charge < -0.3 is 15.7 Å². The monoisotopic (exact) mass is 451 g/mol. The largest absolute Gasteiger partial charge is 0.390 e. The number of anilines is 1. The summed E-state index contributed by atoms with van der Waals surface area (Å²) in [4.78, 5) is 21.9. The van der Waals surface area contributed by atoms with Crippen molar-refractivity contribution in [3.63, 3.8) is 0 Å². The number of halogens is 1. The number of hydrogen-bond acceptors (Lipinski definition) is 5. The van der Waals surface area contributed by atoms with E-state index in [0.29, 0.717) is 28.5 Å². The van der Waals surface area contributed by atoms with E-state index in [1.807, 2.05) is 19.9 Å². The van der Waals surface area contributed by atoms with Gasteiger partial charge in [0.1, 0.15) is 17.3 Å². The number of pyridine rings is 2. The topological polar surface area (TPSA) is 92.1 Å². The summed E-state index contributed by atoms with van der Waals surface area (Å²) in [6, 6.07) is 5.56. The highest BCUT2D eigenvalue weighted by atomic mass is 19.1. The molecule has 3 N–H and O–H groups in total. The van der Waals surface area contributed by atoms with Gasteiger partial charge in [-0.2, -0.15) is 0 Å². The van der Waals surface area contributed by atoms with Gasteiger partial charge in [0.15, 0.2) is 0 Å². The van der Waals surface area contributed by atoms with E-state index in [4.69, 9.17) is 0 Å². The molecule has 33 heavy (non-hydrogen) atoms. The van der Waals surface area contributed by atoms with Crippen LogP contribution in [-0.4, -0.2) is 43.2 Å². The first-order valence-electron chi connectivity index (χ1n) is 11.7. The fourth-order valence-electron chi connectivity index (χ4n) is 4.71. The predicted octanol–water partition coefficient (Wildman–Crippen LogP) is 4.19. The number of rotatable bonds is 6. The Kier molecular flexibility index (Phi) is 5.56. The minimum Gasteiger partial charge on any atom is -0.390 e. The highest BCUT2D eigenvalue weighted by Gasteiger charge is 2.32. The number of amides is 1. The molecule has 3 aromatic rings. The van der Waals surface area contributed by atoms with Crippen molar-refractivity contribution in [1.82, 2.24) is 19.9 Å². The van der Waals surface area contributed by atoms with Crippen molar-refractivity contribution in [2.75, 3.05) is 5.32 Å². The number of nitrogens with one attached hydrogen (secondary N) is 2. The van der Waals surface area contributed by atoms with E-state index in [1.165, 1.54) is 12.3 Å². The third kappa shape index (κ3) is 4.71. The van der Waals surface area contributed by atoms with Crippen LogP contribution in [0.4, 0.5) is 10.1 Å². The summed E-state index contributed by atoms with van der Waals surface area (Å²) in [5.74, 6) is 0.362. The summed E-state index contributed by atoms with van der Waals surface area (Å²) < 4.78 is 15.3. The Morgan fingerprint density at radius 2 is 1.82 bits per heavy atom. The lowest BCUT2D eigenvalue weighted by atomic mass is 9.77. The standard InChI is InChI=1S/C25H30FN5O2/c1-25(2,33)16-3-5-19(6-4-16)30-24(32)20-14-27-22(12-21(20)29-18-7-8-18)31-10-9-15-11-17(26)13-28-23(15)31/h9-14,16,18-19,33H,3-8H2,1-2H3,(H,27,29)(H,30,32)/t16-,19-. The molecule has 0 aliphatic heterocycles. The van der Waals surface area contributed by atoms with E-state index >= 15 is 0 Å². The van der Waals surface area contributed by atoms with E-state index in [9.17, 15) is 14.3 Å². The first kappa shape index (κ1) is 21.8. The molecule has 0 atom stereocenters. The smallest absolute Gasteiger partial charge is 0.255 e. The van der Waals surface area contributed by atoms with Gasteiger partial charge in [0.2, 0.25) is 0 Å². The maximum atomic E-state index is 13.5. The minimum atomic E-state index is -0.681. The lowest BCUT2D eigenvalue weighted by molar-refractivity contribution is -0.00257. The summed E-state index contributed by atoms with van der Waals surface area (Å²) in [5.41, 5.74) is 1.20. The molecule has 2 aliphatic rings. The van der Waals surface area contributed by atoms with Gasteiger partial charge in [-0.05, 0) is 70.4 Å². The first-order chi connectivity index (χ1) is 15.8. The molecule has 2 fully saturated rings. The summed E-state index contributed by atoms with van der Waals surface area (Å²) in [5, 5.41) is 17.6. The lowest BCUT2D eigenvalue weighted by Gasteiger charge is -2.36. The van der Waals surface area contributed by atoms with Gasteiger partial charge >= 0.3 is 0 Å². The van der Waals surface area contributed by atoms with E-state index in [-0.39, 0.29) is 23.7 Å². The second kappa shape index (κ2) is 8.41. The van der Waals surface area contributed by atoms with E-state index in [2.05, 4.69) is 20.6 Å². The van der Waals surface area contributed by atoms with Crippen molar-refractivity contribution in [3.05, 3.63) is 48.2 Å². The molecule has 0 saturated heterocycles. The molecule has 8 heteroatoms. The van der Waals surface area contributed by atoms with Gasteiger partial charge in [-0.3, -0.25) is 9.36 Å². The number of aromatic nitrogens is 3.